The lowest BCUT2D eigenvalue weighted by molar-refractivity contribution is 0.103. The van der Waals surface area contributed by atoms with Crippen LogP contribution < -0.4 is 5.32 Å². The first kappa shape index (κ1) is 15.9. The first-order chi connectivity index (χ1) is 12.3. The minimum atomic E-state index is -0.0851. The molecule has 1 amide bonds. The van der Waals surface area contributed by atoms with Crippen molar-refractivity contribution in [2.45, 2.75) is 10.6 Å². The van der Waals surface area contributed by atoms with E-state index in [1.807, 2.05) is 60.0 Å². The van der Waals surface area contributed by atoms with Crippen LogP contribution in [0.4, 0.5) is 5.69 Å². The molecule has 0 spiro atoms. The van der Waals surface area contributed by atoms with E-state index in [-0.39, 0.29) is 5.91 Å². The molecular weight excluding hydrogens is 354 g/mol. The highest BCUT2D eigenvalue weighted by atomic mass is 32.2. The van der Waals surface area contributed by atoms with E-state index in [1.165, 1.54) is 11.3 Å². The molecule has 0 unspecified atom stereocenters. The number of carbonyl (C=O) groups excluding carboxylic acids is 1. The van der Waals surface area contributed by atoms with E-state index < -0.39 is 0 Å². The largest absolute Gasteiger partial charge is 0.320 e. The van der Waals surface area contributed by atoms with Gasteiger partial charge in [0, 0.05) is 10.6 Å². The number of hydrogen-bond donors (Lipinski definition) is 1. The van der Waals surface area contributed by atoms with Crippen LogP contribution in [0.5, 0.6) is 0 Å². The SMILES string of the molecule is O=C(Nc1ccccc1SCc1ccc2nonc2c1)c1cccs1. The minimum Gasteiger partial charge on any atom is -0.320 e. The van der Waals surface area contributed by atoms with Gasteiger partial charge in [-0.3, -0.25) is 4.79 Å². The molecule has 0 saturated carbocycles. The van der Waals surface area contributed by atoms with Crippen molar-refractivity contribution in [2.24, 2.45) is 0 Å². The molecular formula is C18H13N3O2S2. The molecule has 0 aliphatic heterocycles. The quantitative estimate of drug-likeness (QED) is 0.512. The molecule has 5 nitrogen and oxygen atoms in total. The lowest BCUT2D eigenvalue weighted by Gasteiger charge is -2.10. The molecule has 0 fully saturated rings. The number of carbonyl (C=O) groups is 1. The third-order valence-electron chi connectivity index (χ3n) is 3.59. The van der Waals surface area contributed by atoms with Crippen LogP contribution in [0.15, 0.2) is 69.5 Å². The van der Waals surface area contributed by atoms with E-state index in [4.69, 9.17) is 4.63 Å². The highest BCUT2D eigenvalue weighted by molar-refractivity contribution is 7.98. The maximum Gasteiger partial charge on any atom is 0.265 e. The zero-order valence-electron chi connectivity index (χ0n) is 13.0. The van der Waals surface area contributed by atoms with Crippen LogP contribution in [0.3, 0.4) is 0 Å². The number of fused-ring (bicyclic) bond motifs is 1. The van der Waals surface area contributed by atoms with E-state index in [9.17, 15) is 4.79 Å². The fraction of sp³-hybridized carbons (Fsp3) is 0.0556. The van der Waals surface area contributed by atoms with Gasteiger partial charge in [-0.05, 0) is 51.6 Å². The predicted molar refractivity (Wildman–Crippen MR) is 100 cm³/mol. The molecule has 2 aromatic carbocycles. The Balaban J connectivity index is 1.49. The summed E-state index contributed by atoms with van der Waals surface area (Å²) < 4.78 is 4.73. The molecule has 0 aliphatic carbocycles. The number of nitrogens with zero attached hydrogens (tertiary/aromatic N) is 2. The smallest absolute Gasteiger partial charge is 0.265 e. The molecule has 0 atom stereocenters. The lowest BCUT2D eigenvalue weighted by Crippen LogP contribution is -2.10. The number of hydrogen-bond acceptors (Lipinski definition) is 6. The summed E-state index contributed by atoms with van der Waals surface area (Å²) >= 11 is 3.09. The Morgan fingerprint density at radius 2 is 1.96 bits per heavy atom. The maximum absolute atomic E-state index is 12.3. The molecule has 0 bridgehead atoms. The lowest BCUT2D eigenvalue weighted by atomic mass is 10.2. The second kappa shape index (κ2) is 7.08. The molecule has 25 heavy (non-hydrogen) atoms. The summed E-state index contributed by atoms with van der Waals surface area (Å²) in [6.45, 7) is 0. The van der Waals surface area contributed by atoms with Gasteiger partial charge in [-0.25, -0.2) is 4.63 Å². The van der Waals surface area contributed by atoms with Gasteiger partial charge in [0.15, 0.2) is 0 Å². The minimum absolute atomic E-state index is 0.0851. The average molecular weight is 367 g/mol. The van der Waals surface area contributed by atoms with E-state index in [0.717, 1.165) is 32.9 Å². The van der Waals surface area contributed by atoms with Crippen LogP contribution in [-0.4, -0.2) is 16.2 Å². The summed E-state index contributed by atoms with van der Waals surface area (Å²) in [5, 5.41) is 12.6. The zero-order chi connectivity index (χ0) is 17.1. The fourth-order valence-electron chi connectivity index (χ4n) is 2.37. The van der Waals surface area contributed by atoms with E-state index in [0.29, 0.717) is 4.88 Å². The molecule has 2 heterocycles. The van der Waals surface area contributed by atoms with Crippen molar-refractivity contribution >= 4 is 45.7 Å². The van der Waals surface area contributed by atoms with Gasteiger partial charge in [-0.1, -0.05) is 24.3 Å². The summed E-state index contributed by atoms with van der Waals surface area (Å²) in [5.74, 6) is 0.674. The number of anilines is 1. The summed E-state index contributed by atoms with van der Waals surface area (Å²) in [4.78, 5) is 14.0. The standard InChI is InChI=1S/C18H13N3O2S2/c22-18(17-6-3-9-24-17)19-14-4-1-2-5-16(14)25-11-12-7-8-13-15(10-12)21-23-20-13/h1-10H,11H2,(H,19,22). The van der Waals surface area contributed by atoms with Crippen LogP contribution in [-0.2, 0) is 5.75 Å². The van der Waals surface area contributed by atoms with E-state index in [1.54, 1.807) is 11.8 Å². The normalized spacial score (nSPS) is 10.9. The maximum atomic E-state index is 12.3. The predicted octanol–water partition coefficient (Wildman–Crippen LogP) is 4.83. The number of benzene rings is 2. The number of para-hydroxylation sites is 1. The van der Waals surface area contributed by atoms with Gasteiger partial charge in [-0.15, -0.1) is 23.1 Å². The summed E-state index contributed by atoms with van der Waals surface area (Å²) in [7, 11) is 0. The Morgan fingerprint density at radius 1 is 1.08 bits per heavy atom. The van der Waals surface area contributed by atoms with Gasteiger partial charge < -0.3 is 5.32 Å². The van der Waals surface area contributed by atoms with Crippen LogP contribution in [0, 0.1) is 0 Å². The van der Waals surface area contributed by atoms with E-state index >= 15 is 0 Å². The number of nitrogens with one attached hydrogen (secondary N) is 1. The van der Waals surface area contributed by atoms with Crippen molar-refractivity contribution < 1.29 is 9.42 Å². The molecule has 0 radical (unpaired) electrons. The van der Waals surface area contributed by atoms with Gasteiger partial charge >= 0.3 is 0 Å². The van der Waals surface area contributed by atoms with Crippen molar-refractivity contribution in [1.29, 1.82) is 0 Å². The van der Waals surface area contributed by atoms with Crippen molar-refractivity contribution in [3.05, 3.63) is 70.4 Å². The third-order valence-corrected chi connectivity index (χ3v) is 5.61. The van der Waals surface area contributed by atoms with Gasteiger partial charge in [0.25, 0.3) is 5.91 Å². The highest BCUT2D eigenvalue weighted by Gasteiger charge is 2.10. The topological polar surface area (TPSA) is 68.0 Å². The Kier molecular flexibility index (Phi) is 4.49. The van der Waals surface area contributed by atoms with Crippen LogP contribution in [0.1, 0.15) is 15.2 Å². The molecule has 7 heteroatoms. The van der Waals surface area contributed by atoms with Crippen molar-refractivity contribution in [2.75, 3.05) is 5.32 Å². The second-order valence-electron chi connectivity index (χ2n) is 5.30. The van der Waals surface area contributed by atoms with Crippen molar-refractivity contribution in [3.63, 3.8) is 0 Å². The number of rotatable bonds is 5. The van der Waals surface area contributed by atoms with Crippen LogP contribution in [0.2, 0.25) is 0 Å². The summed E-state index contributed by atoms with van der Waals surface area (Å²) in [5.41, 5.74) is 3.43. The molecule has 2 aromatic heterocycles. The highest BCUT2D eigenvalue weighted by Crippen LogP contribution is 2.31. The molecule has 4 rings (SSSR count). The Hall–Kier alpha value is -2.64. The second-order valence-corrected chi connectivity index (χ2v) is 7.27. The molecule has 0 aliphatic rings. The molecule has 4 aromatic rings. The van der Waals surface area contributed by atoms with Gasteiger partial charge in [0.05, 0.1) is 10.6 Å². The van der Waals surface area contributed by atoms with Gasteiger partial charge in [0.2, 0.25) is 0 Å². The number of aromatic nitrogens is 2. The van der Waals surface area contributed by atoms with Crippen LogP contribution in [0.25, 0.3) is 11.0 Å². The Morgan fingerprint density at radius 3 is 2.84 bits per heavy atom. The van der Waals surface area contributed by atoms with Crippen molar-refractivity contribution in [1.82, 2.24) is 10.3 Å². The average Bonchev–Trinajstić information content (AvgIpc) is 3.32. The summed E-state index contributed by atoms with van der Waals surface area (Å²) in [6, 6.07) is 17.4. The van der Waals surface area contributed by atoms with Crippen molar-refractivity contribution in [3.8, 4) is 0 Å². The first-order valence-electron chi connectivity index (χ1n) is 7.57. The molecule has 0 saturated heterocycles. The Labute approximate surface area is 152 Å². The zero-order valence-corrected chi connectivity index (χ0v) is 14.6. The van der Waals surface area contributed by atoms with E-state index in [2.05, 4.69) is 15.6 Å². The number of amides is 1. The monoisotopic (exact) mass is 367 g/mol. The first-order valence-corrected chi connectivity index (χ1v) is 9.44. The van der Waals surface area contributed by atoms with Gasteiger partial charge in [0.1, 0.15) is 11.0 Å². The summed E-state index contributed by atoms with van der Waals surface area (Å²) in [6.07, 6.45) is 0. The van der Waals surface area contributed by atoms with Gasteiger partial charge in [-0.2, -0.15) is 0 Å². The van der Waals surface area contributed by atoms with Crippen LogP contribution >= 0.6 is 23.1 Å². The Bertz CT molecular complexity index is 1010. The fourth-order valence-corrected chi connectivity index (χ4v) is 3.94. The number of thioether (sulfide) groups is 1. The molecule has 124 valence electrons. The third kappa shape index (κ3) is 3.57. The number of thiophene rings is 1. The molecule has 1 N–H and O–H groups in total.